The minimum atomic E-state index is -3.63. The number of hydrogen-bond donors (Lipinski definition) is 1. The van der Waals surface area contributed by atoms with Crippen molar-refractivity contribution < 1.29 is 18.7 Å². The predicted molar refractivity (Wildman–Crippen MR) is 87.5 cm³/mol. The average Bonchev–Trinajstić information content (AvgIpc) is 3.29. The number of amides is 1. The zero-order chi connectivity index (χ0) is 18.7. The van der Waals surface area contributed by atoms with E-state index in [9.17, 15) is 13.6 Å². The van der Waals surface area contributed by atoms with Gasteiger partial charge in [0.1, 0.15) is 6.61 Å². The Balaban J connectivity index is 1.92. The molecule has 0 saturated heterocycles. The number of halogens is 2. The summed E-state index contributed by atoms with van der Waals surface area (Å²) < 4.78 is 28.8. The van der Waals surface area contributed by atoms with Crippen LogP contribution in [0.2, 0.25) is 0 Å². The molecule has 0 bridgehead atoms. The molecule has 0 spiro atoms. The van der Waals surface area contributed by atoms with Crippen LogP contribution in [0, 0.1) is 0 Å². The van der Waals surface area contributed by atoms with Gasteiger partial charge in [-0.15, -0.1) is 5.10 Å². The maximum Gasteiger partial charge on any atom is 0.367 e. The van der Waals surface area contributed by atoms with Crippen molar-refractivity contribution in [3.05, 3.63) is 60.2 Å². The number of aromatic nitrogens is 5. The van der Waals surface area contributed by atoms with Crippen molar-refractivity contribution in [1.29, 1.82) is 0 Å². The molecule has 1 N–H and O–H groups in total. The monoisotopic (exact) mass is 362 g/mol. The van der Waals surface area contributed by atoms with Gasteiger partial charge < -0.3 is 10.0 Å². The molecule has 0 saturated carbocycles. The topological polar surface area (TPSA) is 89.1 Å². The first-order valence-electron chi connectivity index (χ1n) is 7.66. The van der Waals surface area contributed by atoms with Gasteiger partial charge in [-0.25, -0.2) is 0 Å². The Morgan fingerprint density at radius 3 is 2.62 bits per heavy atom. The van der Waals surface area contributed by atoms with E-state index in [0.717, 1.165) is 11.8 Å². The number of aliphatic hydroxyl groups is 1. The lowest BCUT2D eigenvalue weighted by atomic mass is 10.2. The molecule has 0 aliphatic heterocycles. The van der Waals surface area contributed by atoms with E-state index in [1.807, 2.05) is 0 Å². The molecule has 136 valence electrons. The zero-order valence-electron chi connectivity index (χ0n) is 13.8. The van der Waals surface area contributed by atoms with Gasteiger partial charge in [0.15, 0.2) is 5.69 Å². The van der Waals surface area contributed by atoms with Gasteiger partial charge in [-0.3, -0.25) is 9.48 Å². The van der Waals surface area contributed by atoms with Crippen molar-refractivity contribution in [3.63, 3.8) is 0 Å². The smallest absolute Gasteiger partial charge is 0.367 e. The van der Waals surface area contributed by atoms with Crippen LogP contribution in [0.25, 0.3) is 0 Å². The summed E-state index contributed by atoms with van der Waals surface area (Å²) in [7, 11) is 1.75. The molecule has 2 heterocycles. The number of nitrogens with zero attached hydrogens (tertiary/aromatic N) is 6. The Kier molecular flexibility index (Phi) is 4.76. The molecule has 0 unspecified atom stereocenters. The van der Waals surface area contributed by atoms with Crippen molar-refractivity contribution in [3.8, 4) is 0 Å². The molecule has 0 atom stereocenters. The van der Waals surface area contributed by atoms with E-state index in [0.29, 0.717) is 5.69 Å². The van der Waals surface area contributed by atoms with E-state index < -0.39 is 18.6 Å². The van der Waals surface area contributed by atoms with E-state index >= 15 is 0 Å². The highest BCUT2D eigenvalue weighted by Gasteiger charge is 2.33. The molecule has 0 aliphatic rings. The quantitative estimate of drug-likeness (QED) is 0.716. The molecule has 0 radical (unpaired) electrons. The van der Waals surface area contributed by atoms with Crippen molar-refractivity contribution in [2.24, 2.45) is 7.05 Å². The summed E-state index contributed by atoms with van der Waals surface area (Å²) in [5.41, 5.74) is 1.08. The summed E-state index contributed by atoms with van der Waals surface area (Å²) in [6, 6.07) is 5.13. The number of hydrogen-bond acceptors (Lipinski definition) is 5. The summed E-state index contributed by atoms with van der Waals surface area (Å²) >= 11 is 0. The van der Waals surface area contributed by atoms with Crippen molar-refractivity contribution in [2.45, 2.75) is 12.6 Å². The maximum absolute atomic E-state index is 13.5. The molecule has 1 aromatic carbocycles. The van der Waals surface area contributed by atoms with Crippen LogP contribution in [0.3, 0.4) is 0 Å². The number of carbonyl (C=O) groups is 1. The van der Waals surface area contributed by atoms with Gasteiger partial charge in [-0.1, -0.05) is 23.4 Å². The predicted octanol–water partition coefficient (Wildman–Crippen LogP) is 1.40. The average molecular weight is 362 g/mol. The third-order valence-electron chi connectivity index (χ3n) is 3.65. The van der Waals surface area contributed by atoms with E-state index in [1.165, 1.54) is 4.90 Å². The van der Waals surface area contributed by atoms with Gasteiger partial charge in [0, 0.05) is 24.5 Å². The van der Waals surface area contributed by atoms with Crippen LogP contribution in [0.5, 0.6) is 0 Å². The molecule has 26 heavy (non-hydrogen) atoms. The zero-order valence-corrected chi connectivity index (χ0v) is 13.8. The summed E-state index contributed by atoms with van der Waals surface area (Å²) in [4.78, 5) is 14.3. The summed E-state index contributed by atoms with van der Waals surface area (Å²) in [5, 5.41) is 19.6. The molecule has 3 aromatic rings. The highest BCUT2D eigenvalue weighted by Crippen LogP contribution is 2.21. The Hall–Kier alpha value is -3.14. The van der Waals surface area contributed by atoms with Crippen LogP contribution in [0.15, 0.2) is 48.9 Å². The van der Waals surface area contributed by atoms with Crippen molar-refractivity contribution in [1.82, 2.24) is 24.8 Å². The van der Waals surface area contributed by atoms with Gasteiger partial charge in [0.2, 0.25) is 0 Å². The van der Waals surface area contributed by atoms with Gasteiger partial charge in [0.25, 0.3) is 5.91 Å². The normalized spacial score (nSPS) is 11.5. The molecule has 0 fully saturated rings. The first-order valence-corrected chi connectivity index (χ1v) is 7.66. The van der Waals surface area contributed by atoms with Crippen LogP contribution in [-0.4, -0.2) is 42.4 Å². The second-order valence-electron chi connectivity index (χ2n) is 5.62. The van der Waals surface area contributed by atoms with E-state index in [2.05, 4.69) is 15.4 Å². The first kappa shape index (κ1) is 17.7. The Bertz CT molecular complexity index is 893. The molecular formula is C16H16F2N6O2. The lowest BCUT2D eigenvalue weighted by Gasteiger charge is -2.21. The molecule has 8 nitrogen and oxygen atoms in total. The third kappa shape index (κ3) is 3.59. The fourth-order valence-corrected chi connectivity index (χ4v) is 2.36. The van der Waals surface area contributed by atoms with E-state index in [-0.39, 0.29) is 16.9 Å². The highest BCUT2D eigenvalue weighted by molar-refractivity contribution is 6.04. The van der Waals surface area contributed by atoms with E-state index in [1.54, 1.807) is 54.5 Å². The number of para-hydroxylation sites is 1. The molecular weight excluding hydrogens is 346 g/mol. The highest BCUT2D eigenvalue weighted by atomic mass is 19.3. The van der Waals surface area contributed by atoms with Crippen LogP contribution in [-0.2, 0) is 19.6 Å². The standard InChI is InChI=1S/C16H16F2N6O2/c1-22-8-12(7-19-22)9-23(13-5-3-2-4-6-13)15(26)14-10-24(21-20-14)16(17,18)11-25/h2-8,10,25H,9,11H2,1H3. The van der Waals surface area contributed by atoms with Crippen LogP contribution < -0.4 is 4.90 Å². The maximum atomic E-state index is 13.5. The van der Waals surface area contributed by atoms with Crippen molar-refractivity contribution >= 4 is 11.6 Å². The first-order chi connectivity index (χ1) is 12.4. The fourth-order valence-electron chi connectivity index (χ4n) is 2.36. The number of aryl methyl sites for hydroxylation is 1. The Labute approximate surface area is 147 Å². The SMILES string of the molecule is Cn1cc(CN(C(=O)c2cn(C(F)(F)CO)nn2)c2ccccc2)cn1. The number of benzene rings is 1. The van der Waals surface area contributed by atoms with Crippen LogP contribution in [0.4, 0.5) is 14.5 Å². The summed E-state index contributed by atoms with van der Waals surface area (Å²) in [6.07, 6.45) is 4.18. The second-order valence-corrected chi connectivity index (χ2v) is 5.62. The molecule has 2 aromatic heterocycles. The lowest BCUT2D eigenvalue weighted by Crippen LogP contribution is -2.31. The fraction of sp³-hybridized carbons (Fsp3) is 0.250. The van der Waals surface area contributed by atoms with E-state index in [4.69, 9.17) is 5.11 Å². The summed E-state index contributed by atoms with van der Waals surface area (Å²) in [6.45, 7) is -1.26. The van der Waals surface area contributed by atoms with Crippen LogP contribution >= 0.6 is 0 Å². The lowest BCUT2D eigenvalue weighted by molar-refractivity contribution is -0.131. The minimum absolute atomic E-state index is 0.174. The molecule has 10 heteroatoms. The number of anilines is 1. The van der Waals surface area contributed by atoms with Crippen molar-refractivity contribution in [2.75, 3.05) is 11.5 Å². The van der Waals surface area contributed by atoms with Gasteiger partial charge in [-0.2, -0.15) is 18.6 Å². The third-order valence-corrected chi connectivity index (χ3v) is 3.65. The second kappa shape index (κ2) is 7.00. The largest absolute Gasteiger partial charge is 0.388 e. The minimum Gasteiger partial charge on any atom is -0.388 e. The number of rotatable bonds is 6. The number of carbonyl (C=O) groups excluding carboxylic acids is 1. The number of aliphatic hydroxyl groups excluding tert-OH is 1. The molecule has 0 aliphatic carbocycles. The Morgan fingerprint density at radius 2 is 2.00 bits per heavy atom. The van der Waals surface area contributed by atoms with Crippen LogP contribution in [0.1, 0.15) is 16.1 Å². The van der Waals surface area contributed by atoms with Gasteiger partial charge in [-0.05, 0) is 12.1 Å². The summed E-state index contributed by atoms with van der Waals surface area (Å²) in [5.74, 6) is -0.597. The number of alkyl halides is 2. The van der Waals surface area contributed by atoms with Gasteiger partial charge >= 0.3 is 6.05 Å². The van der Waals surface area contributed by atoms with Gasteiger partial charge in [0.05, 0.1) is 18.9 Å². The molecule has 3 rings (SSSR count). The molecule has 1 amide bonds. The Morgan fingerprint density at radius 1 is 1.27 bits per heavy atom.